The summed E-state index contributed by atoms with van der Waals surface area (Å²) in [7, 11) is 0. The number of nitrogens with one attached hydrogen (secondary N) is 15. The zero-order valence-corrected chi connectivity index (χ0v) is 71.6. The quantitative estimate of drug-likeness (QED) is 0.0153. The Labute approximate surface area is 716 Å². The first-order chi connectivity index (χ1) is 58.0. The summed E-state index contributed by atoms with van der Waals surface area (Å²) in [6.45, 7) is 14.5. The number of fused-ring (bicyclic) bond motifs is 2. The molecule has 25 N–H and O–H groups in total. The summed E-state index contributed by atoms with van der Waals surface area (Å²) < 4.78 is 0. The van der Waals surface area contributed by atoms with Crippen LogP contribution in [-0.4, -0.2) is 274 Å². The standard InChI is InChI=1S/C81H122N18O23S/c1-11-41(6)64(80(120)99-30-18-24-60(99)76(116)93-56(32-40(4)5)74(114)97-66(44(9)101)77(117)86-42(7)68(108)87-53(25-27-62(104)105)71(111)94-59(38-123)81(121)122)96-75(115)58(34-47-37-85-51-22-15-13-20-49(47)51)92-70(110)54(26-28-63(106)107)89-79(119)67(45(10)102)98-73(113)55(31-39(2)3)90-72(112)57(33-46-36-84-50-21-14-12-19-48(46)50)91-69(109)52(23-16-17-29-82)88-78(118)65(43(8)100)95-61(103)35-83/h12-15,19-22,36-37,39-45,52-60,64-67,84-85,100-102,123H,11,16-18,23-35,38,82-83H2,1-10H3,(H,86,117)(H,87,108)(H,88,118)(H,89,119)(H,90,112)(H,91,109)(H,92,110)(H,93,116)(H,94,111)(H,95,103)(H,96,115)(H,97,114)(H,98,113)(H,104,105)(H,106,107)(H,121,122)/t41-,42-,43+,44+,45+,52-,53-,54-,55-,56-,57-,58-,59-,60-,64-,65-,66-,67-/m0/s1. The van der Waals surface area contributed by atoms with Crippen LogP contribution in [0.25, 0.3) is 21.8 Å². The number of nitrogens with zero attached hydrogens (tertiary/aromatic N) is 1. The molecule has 1 aliphatic heterocycles. The van der Waals surface area contributed by atoms with Crippen molar-refractivity contribution in [3.05, 3.63) is 72.1 Å². The molecule has 4 aromatic rings. The number of carboxylic acids is 3. The van der Waals surface area contributed by atoms with Gasteiger partial charge in [0.15, 0.2) is 0 Å². The number of thiol groups is 1. The normalized spacial score (nSPS) is 16.8. The van der Waals surface area contributed by atoms with Gasteiger partial charge in [0.2, 0.25) is 82.7 Å². The second kappa shape index (κ2) is 49.7. The summed E-state index contributed by atoms with van der Waals surface area (Å²) in [5.74, 6) is -19.8. The van der Waals surface area contributed by atoms with Crippen molar-refractivity contribution in [1.82, 2.24) is 84.0 Å². The number of carbonyl (C=O) groups excluding carboxylic acids is 14. The third-order valence-electron chi connectivity index (χ3n) is 20.8. The molecule has 3 heterocycles. The number of aliphatic hydroxyl groups excluding tert-OH is 3. The molecule has 2 aromatic carbocycles. The van der Waals surface area contributed by atoms with Crippen molar-refractivity contribution in [2.45, 2.75) is 262 Å². The molecule has 5 rings (SSSR count). The Bertz CT molecular complexity index is 4350. The highest BCUT2D eigenvalue weighted by Crippen LogP contribution is 2.26. The first kappa shape index (κ1) is 102. The Balaban J connectivity index is 1.40. The van der Waals surface area contributed by atoms with E-state index in [1.165, 1.54) is 18.7 Å². The lowest BCUT2D eigenvalue weighted by Crippen LogP contribution is -2.63. The van der Waals surface area contributed by atoms with Gasteiger partial charge in [-0.1, -0.05) is 84.4 Å². The SMILES string of the molecule is CC[C@H](C)[C@H](NC(=O)[C@H](Cc1c[nH]c2ccccc12)NC(=O)[C@H](CCC(=O)O)NC(=O)[C@@H](NC(=O)[C@H](CC(C)C)NC(=O)[C@H](Cc1c[nH]c2ccccc12)NC(=O)[C@H](CCCCN)NC(=O)[C@@H](NC(=O)CN)[C@@H](C)O)[C@@H](C)O)C(=O)N1CCC[C@H]1C(=O)N[C@@H](CC(C)C)C(=O)N[C@H](C(=O)N[C@@H](C)C(=O)N[C@@H](CCC(=O)O)C(=O)N[C@@H](CS)C(=O)O)[C@@H](C)O. The summed E-state index contributed by atoms with van der Waals surface area (Å²) >= 11 is 3.90. The minimum atomic E-state index is -1.96. The van der Waals surface area contributed by atoms with Crippen LogP contribution in [0.15, 0.2) is 60.9 Å². The summed E-state index contributed by atoms with van der Waals surface area (Å²) in [6, 6.07) is -8.14. The van der Waals surface area contributed by atoms with Gasteiger partial charge in [0.1, 0.15) is 84.6 Å². The van der Waals surface area contributed by atoms with E-state index in [4.69, 9.17) is 11.5 Å². The second-order valence-corrected chi connectivity index (χ2v) is 32.1. The Kier molecular flexibility index (Phi) is 41.3. The van der Waals surface area contributed by atoms with Gasteiger partial charge >= 0.3 is 17.9 Å². The van der Waals surface area contributed by atoms with E-state index in [9.17, 15) is 103 Å². The van der Waals surface area contributed by atoms with Crippen LogP contribution in [0.1, 0.15) is 157 Å². The maximum atomic E-state index is 15.2. The van der Waals surface area contributed by atoms with E-state index < -0.39 is 242 Å². The highest BCUT2D eigenvalue weighted by Gasteiger charge is 2.44. The molecular weight excluding hydrogens is 1630 g/mol. The van der Waals surface area contributed by atoms with Crippen molar-refractivity contribution >= 4 is 135 Å². The lowest BCUT2D eigenvalue weighted by molar-refractivity contribution is -0.144. The van der Waals surface area contributed by atoms with Gasteiger partial charge in [-0.2, -0.15) is 12.6 Å². The molecule has 1 fully saturated rings. The molecule has 2 aromatic heterocycles. The fourth-order valence-corrected chi connectivity index (χ4v) is 14.1. The molecule has 14 amide bonds. The van der Waals surface area contributed by atoms with Crippen LogP contribution in [0, 0.1) is 17.8 Å². The molecule has 123 heavy (non-hydrogen) atoms. The molecule has 1 aliphatic rings. The number of aliphatic carboxylic acids is 3. The number of unbranched alkanes of at least 4 members (excludes halogenated alkanes) is 1. The predicted molar refractivity (Wildman–Crippen MR) is 450 cm³/mol. The number of nitrogens with two attached hydrogens (primary N) is 2. The third-order valence-corrected chi connectivity index (χ3v) is 21.2. The van der Waals surface area contributed by atoms with Crippen molar-refractivity contribution in [3.8, 4) is 0 Å². The van der Waals surface area contributed by atoms with Crippen LogP contribution in [0.2, 0.25) is 0 Å². The van der Waals surface area contributed by atoms with E-state index in [1.807, 2.05) is 0 Å². The largest absolute Gasteiger partial charge is 0.481 e. The van der Waals surface area contributed by atoms with Crippen molar-refractivity contribution in [3.63, 3.8) is 0 Å². The topological polar surface area (TPSA) is 655 Å². The van der Waals surface area contributed by atoms with E-state index in [2.05, 4.69) is 91.7 Å². The lowest BCUT2D eigenvalue weighted by atomic mass is 9.96. The molecule has 1 saturated heterocycles. The minimum Gasteiger partial charge on any atom is -0.481 e. The summed E-state index contributed by atoms with van der Waals surface area (Å²) in [4.78, 5) is 242. The number of benzene rings is 2. The van der Waals surface area contributed by atoms with E-state index in [0.717, 1.165) is 13.8 Å². The fourth-order valence-electron chi connectivity index (χ4n) is 13.8. The molecule has 41 nitrogen and oxygen atoms in total. The molecule has 0 unspecified atom stereocenters. The number of H-pyrrole nitrogens is 2. The number of para-hydroxylation sites is 2. The van der Waals surface area contributed by atoms with Crippen LogP contribution in [0.3, 0.4) is 0 Å². The Morgan fingerprint density at radius 3 is 1.26 bits per heavy atom. The Morgan fingerprint density at radius 2 is 0.837 bits per heavy atom. The molecule has 18 atom stereocenters. The Morgan fingerprint density at radius 1 is 0.455 bits per heavy atom. The molecule has 0 saturated carbocycles. The molecule has 0 bridgehead atoms. The lowest BCUT2D eigenvalue weighted by Gasteiger charge is -2.33. The number of carboxylic acid groups (broad SMARTS) is 3. The van der Waals surface area contributed by atoms with Gasteiger partial charge in [0, 0.05) is 72.2 Å². The van der Waals surface area contributed by atoms with Gasteiger partial charge in [-0.15, -0.1) is 0 Å². The molecular formula is C81H122N18O23S. The molecule has 0 aliphatic carbocycles. The zero-order chi connectivity index (χ0) is 91.8. The van der Waals surface area contributed by atoms with E-state index in [1.54, 1.807) is 102 Å². The number of amides is 14. The van der Waals surface area contributed by atoms with Gasteiger partial charge in [-0.05, 0) is 133 Å². The van der Waals surface area contributed by atoms with Crippen LogP contribution in [-0.2, 0) is 94.3 Å². The number of aromatic nitrogens is 2. The van der Waals surface area contributed by atoms with Gasteiger partial charge < -0.3 is 126 Å². The van der Waals surface area contributed by atoms with Gasteiger partial charge in [0.05, 0.1) is 24.9 Å². The van der Waals surface area contributed by atoms with Gasteiger partial charge in [-0.3, -0.25) is 76.7 Å². The average Bonchev–Trinajstić information content (AvgIpc) is 1.74. The number of hydrogen-bond acceptors (Lipinski definition) is 23. The van der Waals surface area contributed by atoms with Crippen LogP contribution < -0.4 is 80.6 Å². The van der Waals surface area contributed by atoms with Crippen LogP contribution in [0.5, 0.6) is 0 Å². The number of carbonyl (C=O) groups is 17. The predicted octanol–water partition coefficient (Wildman–Crippen LogP) is -3.14. The fraction of sp³-hybridized carbons (Fsp3) is 0.593. The maximum Gasteiger partial charge on any atom is 0.327 e. The zero-order valence-electron chi connectivity index (χ0n) is 70.7. The number of aromatic amines is 2. The molecule has 0 radical (unpaired) electrons. The smallest absolute Gasteiger partial charge is 0.327 e. The van der Waals surface area contributed by atoms with Crippen molar-refractivity contribution in [2.75, 3.05) is 25.4 Å². The summed E-state index contributed by atoms with van der Waals surface area (Å²) in [5, 5.41) is 95.2. The number of likely N-dealkylation sites (tertiary alicyclic amines) is 1. The maximum absolute atomic E-state index is 15.2. The number of hydrogen-bond donors (Lipinski definition) is 24. The highest BCUT2D eigenvalue weighted by atomic mass is 32.1. The first-order valence-electron chi connectivity index (χ1n) is 41.1. The van der Waals surface area contributed by atoms with E-state index >= 15 is 9.59 Å². The molecule has 42 heteroatoms. The number of rotatable bonds is 52. The van der Waals surface area contributed by atoms with E-state index in [-0.39, 0.29) is 88.5 Å². The van der Waals surface area contributed by atoms with Gasteiger partial charge in [-0.25, -0.2) is 4.79 Å². The first-order valence-corrected chi connectivity index (χ1v) is 41.7. The van der Waals surface area contributed by atoms with Crippen molar-refractivity contribution < 1.29 is 112 Å². The second-order valence-electron chi connectivity index (χ2n) is 31.8. The highest BCUT2D eigenvalue weighted by molar-refractivity contribution is 7.80. The average molecular weight is 1750 g/mol. The summed E-state index contributed by atoms with van der Waals surface area (Å²) in [5.41, 5.74) is 13.5. The molecule has 0 spiro atoms. The van der Waals surface area contributed by atoms with Gasteiger partial charge in [0.25, 0.3) is 0 Å². The van der Waals surface area contributed by atoms with Crippen LogP contribution >= 0.6 is 12.6 Å². The van der Waals surface area contributed by atoms with Crippen LogP contribution in [0.4, 0.5) is 0 Å². The van der Waals surface area contributed by atoms with Crippen molar-refractivity contribution in [1.29, 1.82) is 0 Å². The van der Waals surface area contributed by atoms with E-state index in [0.29, 0.717) is 39.4 Å². The number of aliphatic hydroxyl groups is 3. The molecule has 680 valence electrons. The van der Waals surface area contributed by atoms with Crippen molar-refractivity contribution in [2.24, 2.45) is 29.2 Å². The Hall–Kier alpha value is -11.3. The summed E-state index contributed by atoms with van der Waals surface area (Å²) in [6.07, 6.45) is -3.85. The minimum absolute atomic E-state index is 0.0340. The third kappa shape index (κ3) is 31.5. The monoisotopic (exact) mass is 1750 g/mol.